The number of anilines is 3. The normalized spacial score (nSPS) is 12.5. The van der Waals surface area contributed by atoms with Gasteiger partial charge in [-0.25, -0.2) is 4.79 Å². The molecule has 0 saturated carbocycles. The van der Waals surface area contributed by atoms with Crippen LogP contribution in [-0.4, -0.2) is 32.1 Å². The van der Waals surface area contributed by atoms with Crippen LogP contribution in [0.3, 0.4) is 0 Å². The van der Waals surface area contributed by atoms with E-state index >= 15 is 0 Å². The third-order valence-electron chi connectivity index (χ3n) is 4.25. The fraction of sp³-hybridized carbons (Fsp3) is 0.308. The maximum absolute atomic E-state index is 13.1. The fourth-order valence-electron chi connectivity index (χ4n) is 3.01. The molecular weight excluding hydrogens is 468 g/mol. The molecule has 35 heavy (non-hydrogen) atoms. The molecule has 3 aromatic rings. The Bertz CT molecular complexity index is 1160. The molecule has 0 unspecified atom stereocenters. The van der Waals surface area contributed by atoms with E-state index in [9.17, 15) is 9.90 Å². The molecule has 2 aromatic carbocycles. The fourth-order valence-corrected chi connectivity index (χ4v) is 3.17. The average Bonchev–Trinajstić information content (AvgIpc) is 2.73. The van der Waals surface area contributed by atoms with Gasteiger partial charge in [0.25, 0.3) is 0 Å². The van der Waals surface area contributed by atoms with E-state index in [1.165, 1.54) is 0 Å². The summed E-state index contributed by atoms with van der Waals surface area (Å²) in [4.78, 5) is 27.7. The molecule has 0 saturated heterocycles. The van der Waals surface area contributed by atoms with Crippen molar-refractivity contribution in [1.29, 1.82) is 0 Å². The molecule has 0 bridgehead atoms. The number of rotatable bonds is 6. The Morgan fingerprint density at radius 3 is 1.74 bits per heavy atom. The summed E-state index contributed by atoms with van der Waals surface area (Å²) in [5.74, 6) is -1.99. The standard InChI is InChI=1S/C26H29ClN4O4/c1-25(2,3)34-21(32)19(22(33)35-26(4,5)6)20-28-23(27)30-24(29-20)31(17-13-9-7-10-14-17)18-15-11-8-12-16-18/h7-16,32H,1-6H3/p-1/b21-19+. The van der Waals surface area contributed by atoms with Gasteiger partial charge in [-0.2, -0.15) is 15.0 Å². The largest absolute Gasteiger partial charge is 0.607 e. The van der Waals surface area contributed by atoms with E-state index in [4.69, 9.17) is 21.1 Å². The summed E-state index contributed by atoms with van der Waals surface area (Å²) in [5, 5.41) is 12.9. The third-order valence-corrected chi connectivity index (χ3v) is 4.42. The third kappa shape index (κ3) is 7.16. The molecular formula is C26H28ClN4O4-. The van der Waals surface area contributed by atoms with Gasteiger partial charge in [0.05, 0.1) is 5.95 Å². The van der Waals surface area contributed by atoms with Crippen LogP contribution < -0.4 is 10.0 Å². The van der Waals surface area contributed by atoms with Gasteiger partial charge in [-0.3, -0.25) is 4.90 Å². The quantitative estimate of drug-likeness (QED) is 0.262. The number of benzene rings is 2. The molecule has 0 fully saturated rings. The highest BCUT2D eigenvalue weighted by Crippen LogP contribution is 2.33. The first-order valence-corrected chi connectivity index (χ1v) is 11.4. The highest BCUT2D eigenvalue weighted by molar-refractivity contribution is 6.28. The second-order valence-corrected chi connectivity index (χ2v) is 9.95. The SMILES string of the molecule is CC(C)(C)OC(=O)/C(=C(\[O-])OC(C)(C)C)c1nc(Cl)nc(N(c2ccccc2)c2ccccc2)n1. The molecule has 184 valence electrons. The summed E-state index contributed by atoms with van der Waals surface area (Å²) in [7, 11) is 0. The minimum absolute atomic E-state index is 0.113. The van der Waals surface area contributed by atoms with Crippen LogP contribution in [0.15, 0.2) is 66.6 Å². The van der Waals surface area contributed by atoms with Gasteiger partial charge in [0.15, 0.2) is 5.82 Å². The monoisotopic (exact) mass is 495 g/mol. The Labute approximate surface area is 210 Å². The topological polar surface area (TPSA) is 100 Å². The first-order valence-electron chi connectivity index (χ1n) is 11.0. The zero-order valence-electron chi connectivity index (χ0n) is 20.6. The van der Waals surface area contributed by atoms with Gasteiger partial charge < -0.3 is 14.6 Å². The lowest BCUT2D eigenvalue weighted by atomic mass is 10.1. The van der Waals surface area contributed by atoms with E-state index in [2.05, 4.69) is 15.0 Å². The van der Waals surface area contributed by atoms with Gasteiger partial charge >= 0.3 is 5.97 Å². The van der Waals surface area contributed by atoms with Crippen molar-refractivity contribution in [3.8, 4) is 0 Å². The summed E-state index contributed by atoms with van der Waals surface area (Å²) in [5.41, 5.74) is -0.735. The van der Waals surface area contributed by atoms with Crippen LogP contribution in [0.25, 0.3) is 5.57 Å². The van der Waals surface area contributed by atoms with Crippen LogP contribution in [0, 0.1) is 0 Å². The number of halogens is 1. The van der Waals surface area contributed by atoms with Crippen molar-refractivity contribution in [1.82, 2.24) is 15.0 Å². The highest BCUT2D eigenvalue weighted by Gasteiger charge is 2.28. The molecule has 0 amide bonds. The molecule has 1 heterocycles. The van der Waals surface area contributed by atoms with Crippen LogP contribution in [-0.2, 0) is 14.3 Å². The first-order chi connectivity index (χ1) is 16.3. The van der Waals surface area contributed by atoms with Crippen molar-refractivity contribution >= 4 is 40.5 Å². The van der Waals surface area contributed by atoms with Crippen LogP contribution in [0.2, 0.25) is 5.28 Å². The van der Waals surface area contributed by atoms with Crippen molar-refractivity contribution in [3.63, 3.8) is 0 Å². The van der Waals surface area contributed by atoms with Gasteiger partial charge in [0.2, 0.25) is 11.2 Å². The molecule has 9 heteroatoms. The Morgan fingerprint density at radius 1 is 0.800 bits per heavy atom. The number of nitrogens with zero attached hydrogens (tertiary/aromatic N) is 4. The second-order valence-electron chi connectivity index (χ2n) is 9.61. The number of para-hydroxylation sites is 2. The molecule has 0 atom stereocenters. The van der Waals surface area contributed by atoms with Crippen molar-refractivity contribution in [2.75, 3.05) is 4.90 Å². The van der Waals surface area contributed by atoms with Crippen LogP contribution in [0.4, 0.5) is 17.3 Å². The number of carbonyl (C=O) groups excluding carboxylic acids is 1. The predicted molar refractivity (Wildman–Crippen MR) is 133 cm³/mol. The zero-order chi connectivity index (χ0) is 25.8. The summed E-state index contributed by atoms with van der Waals surface area (Å²) in [6, 6.07) is 18.7. The summed E-state index contributed by atoms with van der Waals surface area (Å²) in [6.45, 7) is 10.1. The van der Waals surface area contributed by atoms with Crippen molar-refractivity contribution in [2.24, 2.45) is 0 Å². The van der Waals surface area contributed by atoms with Crippen LogP contribution in [0.1, 0.15) is 47.4 Å². The van der Waals surface area contributed by atoms with Gasteiger partial charge in [-0.05, 0) is 56.6 Å². The smallest absolute Gasteiger partial charge is 0.344 e. The molecule has 0 radical (unpaired) electrons. The van der Waals surface area contributed by atoms with Crippen molar-refractivity contribution in [2.45, 2.75) is 52.7 Å². The van der Waals surface area contributed by atoms with Crippen LogP contribution in [0.5, 0.6) is 0 Å². The van der Waals surface area contributed by atoms with Gasteiger partial charge in [0, 0.05) is 17.0 Å². The number of hydrogen-bond acceptors (Lipinski definition) is 8. The second kappa shape index (κ2) is 10.3. The maximum Gasteiger partial charge on any atom is 0.344 e. The van der Waals surface area contributed by atoms with E-state index in [1.54, 1.807) is 46.4 Å². The van der Waals surface area contributed by atoms with Gasteiger partial charge in [0.1, 0.15) is 11.2 Å². The Hall–Kier alpha value is -3.65. The lowest BCUT2D eigenvalue weighted by molar-refractivity contribution is -0.367. The zero-order valence-corrected chi connectivity index (χ0v) is 21.3. The lowest BCUT2D eigenvalue weighted by Crippen LogP contribution is -2.30. The van der Waals surface area contributed by atoms with E-state index in [1.807, 2.05) is 60.7 Å². The minimum Gasteiger partial charge on any atom is -0.607 e. The first kappa shape index (κ1) is 26.0. The molecule has 3 rings (SSSR count). The molecule has 0 aliphatic heterocycles. The Morgan fingerprint density at radius 2 is 1.29 bits per heavy atom. The molecule has 0 aliphatic rings. The van der Waals surface area contributed by atoms with Crippen molar-refractivity contribution in [3.05, 3.63) is 77.7 Å². The molecule has 0 N–H and O–H groups in total. The van der Waals surface area contributed by atoms with E-state index in [0.29, 0.717) is 0 Å². The van der Waals surface area contributed by atoms with Gasteiger partial charge in [-0.1, -0.05) is 57.2 Å². The number of aromatic nitrogens is 3. The van der Waals surface area contributed by atoms with Crippen molar-refractivity contribution < 1.29 is 19.4 Å². The number of hydrogen-bond donors (Lipinski definition) is 0. The molecule has 0 aliphatic carbocycles. The number of carbonyl (C=O) groups is 1. The predicted octanol–water partition coefficient (Wildman–Crippen LogP) is 5.18. The molecule has 1 aromatic heterocycles. The number of ether oxygens (including phenoxy) is 2. The molecule has 8 nitrogen and oxygen atoms in total. The van der Waals surface area contributed by atoms with Gasteiger partial charge in [-0.15, -0.1) is 0 Å². The molecule has 0 spiro atoms. The Balaban J connectivity index is 2.22. The Kier molecular flexibility index (Phi) is 7.65. The summed E-state index contributed by atoms with van der Waals surface area (Å²) < 4.78 is 10.9. The lowest BCUT2D eigenvalue weighted by Gasteiger charge is -2.32. The van der Waals surface area contributed by atoms with E-state index in [-0.39, 0.29) is 17.1 Å². The average molecular weight is 496 g/mol. The minimum atomic E-state index is -0.925. The highest BCUT2D eigenvalue weighted by atomic mass is 35.5. The summed E-state index contributed by atoms with van der Waals surface area (Å²) in [6.07, 6.45) is 0. The summed E-state index contributed by atoms with van der Waals surface area (Å²) >= 11 is 6.28. The van der Waals surface area contributed by atoms with E-state index < -0.39 is 28.7 Å². The number of esters is 1. The van der Waals surface area contributed by atoms with E-state index in [0.717, 1.165) is 11.4 Å². The van der Waals surface area contributed by atoms with Crippen LogP contribution >= 0.6 is 11.6 Å². The maximum atomic E-state index is 13.1.